The highest BCUT2D eigenvalue weighted by Gasteiger charge is 2.47. The third kappa shape index (κ3) is 4.02. The SMILES string of the molecule is COc1ccc(CCN2C[C@@H]3CCN(C(=O)c4ccno4)CC[C@@H]3S2(=O)=O)cc1. The molecule has 0 N–H and O–H groups in total. The Hall–Kier alpha value is -2.39. The topological polar surface area (TPSA) is 92.9 Å². The summed E-state index contributed by atoms with van der Waals surface area (Å²) in [6, 6.07) is 9.24. The molecule has 2 fully saturated rings. The van der Waals surface area contributed by atoms with Crippen molar-refractivity contribution in [2.45, 2.75) is 24.5 Å². The fraction of sp³-hybridized carbons (Fsp3) is 0.500. The third-order valence-electron chi connectivity index (χ3n) is 5.90. The van der Waals surface area contributed by atoms with Crippen molar-refractivity contribution in [2.75, 3.05) is 33.3 Å². The van der Waals surface area contributed by atoms with Gasteiger partial charge in [0.1, 0.15) is 5.75 Å². The van der Waals surface area contributed by atoms with E-state index in [-0.39, 0.29) is 17.6 Å². The molecule has 0 unspecified atom stereocenters. The molecular weight excluding hydrogens is 394 g/mol. The number of nitrogens with zero attached hydrogens (tertiary/aromatic N) is 3. The number of hydrogen-bond acceptors (Lipinski definition) is 6. The molecule has 29 heavy (non-hydrogen) atoms. The molecule has 0 spiro atoms. The van der Waals surface area contributed by atoms with Crippen LogP contribution in [0.4, 0.5) is 0 Å². The molecule has 2 atom stereocenters. The summed E-state index contributed by atoms with van der Waals surface area (Å²) < 4.78 is 37.9. The molecule has 9 heteroatoms. The third-order valence-corrected chi connectivity index (χ3v) is 8.34. The van der Waals surface area contributed by atoms with Gasteiger partial charge in [-0.2, -0.15) is 0 Å². The number of aromatic nitrogens is 1. The largest absolute Gasteiger partial charge is 0.497 e. The lowest BCUT2D eigenvalue weighted by Gasteiger charge is -2.21. The van der Waals surface area contributed by atoms with Crippen molar-refractivity contribution < 1.29 is 22.5 Å². The molecule has 2 saturated heterocycles. The van der Waals surface area contributed by atoms with E-state index in [4.69, 9.17) is 9.26 Å². The molecule has 2 aliphatic heterocycles. The summed E-state index contributed by atoms with van der Waals surface area (Å²) in [5, 5.41) is 3.15. The lowest BCUT2D eigenvalue weighted by atomic mass is 10.0. The maximum absolute atomic E-state index is 13.1. The van der Waals surface area contributed by atoms with Crippen LogP contribution in [0.5, 0.6) is 5.75 Å². The quantitative estimate of drug-likeness (QED) is 0.734. The van der Waals surface area contributed by atoms with Gasteiger partial charge in [0.15, 0.2) is 0 Å². The van der Waals surface area contributed by atoms with E-state index in [9.17, 15) is 13.2 Å². The van der Waals surface area contributed by atoms with Crippen molar-refractivity contribution in [1.29, 1.82) is 0 Å². The fourth-order valence-corrected chi connectivity index (χ4v) is 6.49. The number of rotatable bonds is 5. The Morgan fingerprint density at radius 3 is 2.66 bits per heavy atom. The molecule has 1 aromatic heterocycles. The number of fused-ring (bicyclic) bond motifs is 1. The van der Waals surface area contributed by atoms with E-state index < -0.39 is 15.3 Å². The number of hydrogen-bond donors (Lipinski definition) is 0. The zero-order valence-corrected chi connectivity index (χ0v) is 17.2. The van der Waals surface area contributed by atoms with Gasteiger partial charge in [0.05, 0.1) is 18.6 Å². The standard InChI is InChI=1S/C20H25N3O5S/c1-27-17-4-2-15(3-5-17)7-13-23-14-16-8-11-22(12-9-19(16)29(23,25)26)20(24)18-6-10-21-28-18/h2-6,10,16,19H,7-9,11-14H2,1H3/t16-,19-/m0/s1. The van der Waals surface area contributed by atoms with Crippen LogP contribution >= 0.6 is 0 Å². The van der Waals surface area contributed by atoms with Gasteiger partial charge < -0.3 is 14.2 Å². The minimum absolute atomic E-state index is 0.0448. The lowest BCUT2D eigenvalue weighted by molar-refractivity contribution is 0.0717. The number of amides is 1. The summed E-state index contributed by atoms with van der Waals surface area (Å²) in [7, 11) is -1.74. The van der Waals surface area contributed by atoms with Crippen LogP contribution in [0, 0.1) is 5.92 Å². The summed E-state index contributed by atoms with van der Waals surface area (Å²) in [5.41, 5.74) is 1.08. The van der Waals surface area contributed by atoms with E-state index in [1.165, 1.54) is 12.3 Å². The predicted molar refractivity (Wildman–Crippen MR) is 106 cm³/mol. The highest BCUT2D eigenvalue weighted by Crippen LogP contribution is 2.34. The van der Waals surface area contributed by atoms with Crippen molar-refractivity contribution in [3.05, 3.63) is 47.9 Å². The van der Waals surface area contributed by atoms with Gasteiger partial charge in [-0.15, -0.1) is 0 Å². The van der Waals surface area contributed by atoms with Crippen LogP contribution in [-0.4, -0.2) is 67.2 Å². The van der Waals surface area contributed by atoms with E-state index in [2.05, 4.69) is 5.16 Å². The second kappa shape index (κ2) is 8.16. The van der Waals surface area contributed by atoms with Crippen molar-refractivity contribution in [3.63, 3.8) is 0 Å². The monoisotopic (exact) mass is 419 g/mol. The number of ether oxygens (including phenoxy) is 1. The summed E-state index contributed by atoms with van der Waals surface area (Å²) >= 11 is 0. The number of methoxy groups -OCH3 is 1. The van der Waals surface area contributed by atoms with Crippen molar-refractivity contribution >= 4 is 15.9 Å². The van der Waals surface area contributed by atoms with Gasteiger partial charge in [-0.05, 0) is 42.9 Å². The molecule has 0 saturated carbocycles. The number of carbonyl (C=O) groups excluding carboxylic acids is 1. The van der Waals surface area contributed by atoms with Crippen molar-refractivity contribution in [2.24, 2.45) is 5.92 Å². The van der Waals surface area contributed by atoms with Gasteiger partial charge >= 0.3 is 0 Å². The molecule has 1 aromatic carbocycles. The average molecular weight is 420 g/mol. The highest BCUT2D eigenvalue weighted by atomic mass is 32.2. The van der Waals surface area contributed by atoms with Gasteiger partial charge in [-0.3, -0.25) is 4.79 Å². The molecule has 4 rings (SSSR count). The van der Waals surface area contributed by atoms with Crippen molar-refractivity contribution in [3.8, 4) is 5.75 Å². The minimum Gasteiger partial charge on any atom is -0.497 e. The van der Waals surface area contributed by atoms with Crippen LogP contribution in [0.25, 0.3) is 0 Å². The van der Waals surface area contributed by atoms with Gasteiger partial charge in [-0.1, -0.05) is 17.3 Å². The molecular formula is C20H25N3O5S. The van der Waals surface area contributed by atoms with Crippen LogP contribution in [-0.2, 0) is 16.4 Å². The second-order valence-corrected chi connectivity index (χ2v) is 9.70. The zero-order chi connectivity index (χ0) is 20.4. The molecule has 0 aliphatic carbocycles. The lowest BCUT2D eigenvalue weighted by Crippen LogP contribution is -2.35. The second-order valence-electron chi connectivity index (χ2n) is 7.55. The van der Waals surface area contributed by atoms with E-state index in [1.807, 2.05) is 24.3 Å². The van der Waals surface area contributed by atoms with Gasteiger partial charge in [0, 0.05) is 32.2 Å². The highest BCUT2D eigenvalue weighted by molar-refractivity contribution is 7.90. The first kappa shape index (κ1) is 19.9. The Labute approximate surface area is 170 Å². The Bertz CT molecular complexity index is 943. The molecule has 1 amide bonds. The first-order chi connectivity index (χ1) is 14.0. The first-order valence-corrected chi connectivity index (χ1v) is 11.3. The Morgan fingerprint density at radius 2 is 1.97 bits per heavy atom. The Morgan fingerprint density at radius 1 is 1.21 bits per heavy atom. The molecule has 156 valence electrons. The van der Waals surface area contributed by atoms with Crippen LogP contribution < -0.4 is 4.74 Å². The van der Waals surface area contributed by atoms with E-state index in [0.29, 0.717) is 45.4 Å². The summed E-state index contributed by atoms with van der Waals surface area (Å²) in [4.78, 5) is 14.2. The molecule has 0 radical (unpaired) electrons. The Balaban J connectivity index is 1.38. The summed E-state index contributed by atoms with van der Waals surface area (Å²) in [6.45, 7) is 1.94. The maximum atomic E-state index is 13.1. The predicted octanol–water partition coefficient (Wildman–Crippen LogP) is 1.79. The molecule has 2 aliphatic rings. The normalized spacial score (nSPS) is 24.1. The number of sulfonamides is 1. The van der Waals surface area contributed by atoms with E-state index >= 15 is 0 Å². The number of benzene rings is 1. The van der Waals surface area contributed by atoms with Crippen LogP contribution in [0.2, 0.25) is 0 Å². The smallest absolute Gasteiger partial charge is 0.292 e. The van der Waals surface area contributed by atoms with E-state index in [0.717, 1.165) is 11.3 Å². The maximum Gasteiger partial charge on any atom is 0.292 e. The van der Waals surface area contributed by atoms with Gasteiger partial charge in [0.25, 0.3) is 5.91 Å². The molecule has 2 aromatic rings. The fourth-order valence-electron chi connectivity index (χ4n) is 4.25. The molecule has 3 heterocycles. The number of carbonyl (C=O) groups is 1. The minimum atomic E-state index is -3.36. The van der Waals surface area contributed by atoms with Gasteiger partial charge in [0.2, 0.25) is 15.8 Å². The molecule has 8 nitrogen and oxygen atoms in total. The van der Waals surface area contributed by atoms with Gasteiger partial charge in [-0.25, -0.2) is 12.7 Å². The molecule has 0 bridgehead atoms. The van der Waals surface area contributed by atoms with Crippen LogP contribution in [0.15, 0.2) is 41.1 Å². The number of likely N-dealkylation sites (tertiary alicyclic amines) is 1. The summed E-state index contributed by atoms with van der Waals surface area (Å²) in [5.74, 6) is 0.801. The zero-order valence-electron chi connectivity index (χ0n) is 16.4. The first-order valence-electron chi connectivity index (χ1n) is 9.81. The Kier molecular flexibility index (Phi) is 5.60. The van der Waals surface area contributed by atoms with Crippen LogP contribution in [0.3, 0.4) is 0 Å². The average Bonchev–Trinajstić information content (AvgIpc) is 3.27. The van der Waals surface area contributed by atoms with Crippen LogP contribution in [0.1, 0.15) is 29.0 Å². The van der Waals surface area contributed by atoms with E-state index in [1.54, 1.807) is 16.3 Å². The summed E-state index contributed by atoms with van der Waals surface area (Å²) in [6.07, 6.45) is 3.22. The van der Waals surface area contributed by atoms with Crippen molar-refractivity contribution in [1.82, 2.24) is 14.4 Å².